The van der Waals surface area contributed by atoms with Gasteiger partial charge in [-0.05, 0) is 70.6 Å². The van der Waals surface area contributed by atoms with Crippen molar-refractivity contribution in [2.45, 2.75) is 123 Å². The lowest BCUT2D eigenvalue weighted by Gasteiger charge is -2.29. The molecule has 2 fully saturated rings. The number of hydrogen-bond acceptors (Lipinski definition) is 4. The summed E-state index contributed by atoms with van der Waals surface area (Å²) in [4.78, 5) is 26.2. The van der Waals surface area contributed by atoms with Crippen LogP contribution >= 0.6 is 0 Å². The van der Waals surface area contributed by atoms with Crippen LogP contribution in [0.15, 0.2) is 12.2 Å². The molecule has 0 aromatic rings. The molecule has 0 aromatic heterocycles. The summed E-state index contributed by atoms with van der Waals surface area (Å²) in [6, 6.07) is 0. The van der Waals surface area contributed by atoms with Crippen LogP contribution in [0, 0.1) is 29.1 Å². The van der Waals surface area contributed by atoms with E-state index < -0.39 is 0 Å². The lowest BCUT2D eigenvalue weighted by molar-refractivity contribution is -0.129. The van der Waals surface area contributed by atoms with Crippen molar-refractivity contribution in [3.05, 3.63) is 12.2 Å². The highest BCUT2D eigenvalue weighted by atomic mass is 16.5. The van der Waals surface area contributed by atoms with Crippen molar-refractivity contribution in [1.82, 2.24) is 0 Å². The number of aliphatic hydroxyl groups excluding tert-OH is 1. The Hall–Kier alpha value is -1.00. The number of carbonyl (C=O) groups is 2. The summed E-state index contributed by atoms with van der Waals surface area (Å²) in [5.41, 5.74) is -0.102. The Labute approximate surface area is 209 Å². The second-order valence-electron chi connectivity index (χ2n) is 12.4. The minimum Gasteiger partial charge on any atom is -0.396 e. The number of methoxy groups -OCH3 is 1. The van der Waals surface area contributed by atoms with Gasteiger partial charge in [0.2, 0.25) is 0 Å². The Bertz CT molecular complexity index is 607. The fourth-order valence-electron chi connectivity index (χ4n) is 5.68. The molecule has 0 bridgehead atoms. The number of carbonyl (C=O) groups excluding carboxylic acids is 2. The van der Waals surface area contributed by atoms with Crippen LogP contribution in [0.3, 0.4) is 0 Å². The van der Waals surface area contributed by atoms with E-state index in [1.165, 1.54) is 0 Å². The van der Waals surface area contributed by atoms with Gasteiger partial charge in [0.05, 0.1) is 5.60 Å². The average Bonchev–Trinajstić information content (AvgIpc) is 2.81. The zero-order valence-corrected chi connectivity index (χ0v) is 22.7. The molecule has 2 aliphatic rings. The first-order valence-corrected chi connectivity index (χ1v) is 14.0. The van der Waals surface area contributed by atoms with Crippen LogP contribution in [-0.4, -0.2) is 36.0 Å². The third-order valence-corrected chi connectivity index (χ3v) is 8.46. The topological polar surface area (TPSA) is 63.6 Å². The van der Waals surface area contributed by atoms with Gasteiger partial charge in [-0.25, -0.2) is 0 Å². The molecule has 196 valence electrons. The Kier molecular flexibility index (Phi) is 12.0. The Morgan fingerprint density at radius 1 is 0.794 bits per heavy atom. The lowest BCUT2D eigenvalue weighted by atomic mass is 9.75. The van der Waals surface area contributed by atoms with E-state index in [9.17, 15) is 14.7 Å². The minimum atomic E-state index is -0.0811. The molecule has 0 spiro atoms. The van der Waals surface area contributed by atoms with Gasteiger partial charge in [0.1, 0.15) is 11.6 Å². The number of unbranched alkanes of at least 4 members (excludes halogenated alkanes) is 2. The Balaban J connectivity index is 1.79. The molecule has 0 amide bonds. The highest BCUT2D eigenvalue weighted by Gasteiger charge is 2.32. The number of allylic oxidation sites excluding steroid dienone is 2. The van der Waals surface area contributed by atoms with Crippen molar-refractivity contribution in [3.8, 4) is 0 Å². The predicted octanol–water partition coefficient (Wildman–Crippen LogP) is 7.08. The van der Waals surface area contributed by atoms with Crippen molar-refractivity contribution < 1.29 is 19.4 Å². The summed E-state index contributed by atoms with van der Waals surface area (Å²) in [6.07, 6.45) is 18.6. The first kappa shape index (κ1) is 29.2. The van der Waals surface area contributed by atoms with E-state index in [0.29, 0.717) is 11.6 Å². The molecule has 0 saturated heterocycles. The van der Waals surface area contributed by atoms with Gasteiger partial charge in [0.25, 0.3) is 0 Å². The van der Waals surface area contributed by atoms with Gasteiger partial charge in [-0.15, -0.1) is 0 Å². The van der Waals surface area contributed by atoms with E-state index >= 15 is 0 Å². The summed E-state index contributed by atoms with van der Waals surface area (Å²) in [5, 5.41) is 9.42. The molecule has 4 unspecified atom stereocenters. The fraction of sp³-hybridized carbons (Fsp3) is 0.867. The predicted molar refractivity (Wildman–Crippen MR) is 140 cm³/mol. The molecular weight excluding hydrogens is 424 g/mol. The van der Waals surface area contributed by atoms with Crippen molar-refractivity contribution in [3.63, 3.8) is 0 Å². The largest absolute Gasteiger partial charge is 0.396 e. The van der Waals surface area contributed by atoms with Crippen LogP contribution < -0.4 is 0 Å². The molecule has 4 heteroatoms. The molecule has 0 aromatic carbocycles. The third kappa shape index (κ3) is 9.57. The van der Waals surface area contributed by atoms with E-state index in [1.54, 1.807) is 7.11 Å². The van der Waals surface area contributed by atoms with Crippen molar-refractivity contribution >= 4 is 11.6 Å². The fourth-order valence-corrected chi connectivity index (χ4v) is 5.68. The van der Waals surface area contributed by atoms with Crippen LogP contribution in [0.2, 0.25) is 0 Å². The van der Waals surface area contributed by atoms with Gasteiger partial charge >= 0.3 is 0 Å². The summed E-state index contributed by atoms with van der Waals surface area (Å²) in [5.74, 6) is 1.16. The van der Waals surface area contributed by atoms with Gasteiger partial charge in [-0.3, -0.25) is 9.59 Å². The second kappa shape index (κ2) is 13.9. The Morgan fingerprint density at radius 3 is 1.71 bits per heavy atom. The van der Waals surface area contributed by atoms with E-state index in [2.05, 4.69) is 39.8 Å². The highest BCUT2D eigenvalue weighted by molar-refractivity contribution is 5.87. The van der Waals surface area contributed by atoms with E-state index in [-0.39, 0.29) is 41.3 Å². The quantitative estimate of drug-likeness (QED) is 0.215. The summed E-state index contributed by atoms with van der Waals surface area (Å²) >= 11 is 0. The van der Waals surface area contributed by atoms with Gasteiger partial charge in [-0.2, -0.15) is 0 Å². The maximum atomic E-state index is 13.1. The first-order valence-electron chi connectivity index (χ1n) is 14.0. The number of Topliss-reactive ketones (excluding diaryl/α,β-unsaturated/α-hetero) is 2. The zero-order valence-electron chi connectivity index (χ0n) is 22.7. The highest BCUT2D eigenvalue weighted by Crippen LogP contribution is 2.34. The minimum absolute atomic E-state index is 0.00270. The van der Waals surface area contributed by atoms with Crippen molar-refractivity contribution in [1.29, 1.82) is 0 Å². The normalized spacial score (nSPS) is 27.0. The number of rotatable bonds is 14. The second-order valence-corrected chi connectivity index (χ2v) is 12.4. The van der Waals surface area contributed by atoms with E-state index in [4.69, 9.17) is 4.74 Å². The van der Waals surface area contributed by atoms with Gasteiger partial charge in [0, 0.05) is 37.4 Å². The molecule has 2 rings (SSSR count). The number of hydrogen-bond donors (Lipinski definition) is 1. The van der Waals surface area contributed by atoms with Crippen LogP contribution in [0.1, 0.15) is 118 Å². The monoisotopic (exact) mass is 476 g/mol. The maximum absolute atomic E-state index is 13.1. The van der Waals surface area contributed by atoms with Crippen molar-refractivity contribution in [2.75, 3.05) is 13.7 Å². The molecule has 4 atom stereocenters. The summed E-state index contributed by atoms with van der Waals surface area (Å²) in [6.45, 7) is 8.65. The first-order chi connectivity index (χ1) is 16.1. The third-order valence-electron chi connectivity index (χ3n) is 8.46. The SMILES string of the molecule is COC(C)(C)CCCCC1CCCC(/C=C\C2CCCC(CCCCC(C)(C)CO)C2=O)C1=O. The van der Waals surface area contributed by atoms with Crippen LogP contribution in [0.5, 0.6) is 0 Å². The van der Waals surface area contributed by atoms with Crippen LogP contribution in [-0.2, 0) is 14.3 Å². The molecular formula is C30H52O4. The molecule has 0 heterocycles. The summed E-state index contributed by atoms with van der Waals surface area (Å²) in [7, 11) is 1.76. The van der Waals surface area contributed by atoms with E-state index in [1.807, 2.05) is 0 Å². The summed E-state index contributed by atoms with van der Waals surface area (Å²) < 4.78 is 5.51. The van der Waals surface area contributed by atoms with Crippen LogP contribution in [0.25, 0.3) is 0 Å². The zero-order chi connectivity index (χ0) is 25.2. The van der Waals surface area contributed by atoms with Gasteiger partial charge in [-0.1, -0.05) is 64.5 Å². The molecule has 4 nitrogen and oxygen atoms in total. The number of ketones is 2. The smallest absolute Gasteiger partial charge is 0.142 e. The average molecular weight is 477 g/mol. The van der Waals surface area contributed by atoms with E-state index in [0.717, 1.165) is 89.9 Å². The molecule has 2 saturated carbocycles. The Morgan fingerprint density at radius 2 is 1.26 bits per heavy atom. The number of ether oxygens (including phenoxy) is 1. The van der Waals surface area contributed by atoms with Gasteiger partial charge < -0.3 is 9.84 Å². The molecule has 0 aliphatic heterocycles. The lowest BCUT2D eigenvalue weighted by Crippen LogP contribution is -2.29. The molecule has 34 heavy (non-hydrogen) atoms. The maximum Gasteiger partial charge on any atom is 0.142 e. The number of aliphatic hydroxyl groups is 1. The molecule has 0 radical (unpaired) electrons. The van der Waals surface area contributed by atoms with Crippen LogP contribution in [0.4, 0.5) is 0 Å². The molecule has 1 N–H and O–H groups in total. The van der Waals surface area contributed by atoms with Crippen molar-refractivity contribution in [2.24, 2.45) is 29.1 Å². The molecule has 2 aliphatic carbocycles. The van der Waals surface area contributed by atoms with Gasteiger partial charge in [0.15, 0.2) is 0 Å². The standard InChI is InChI=1S/C30H52O4/c1-29(2,22-31)20-8-6-12-23-14-10-16-25(27(23)32)18-19-26-17-11-15-24(28(26)33)13-7-9-21-30(3,4)34-5/h18-19,23-26,31H,6-17,20-22H2,1-5H3/b19-18-.